The number of rotatable bonds is 2. The highest BCUT2D eigenvalue weighted by atomic mass is 16.1. The molecule has 2 atom stereocenters. The van der Waals surface area contributed by atoms with Crippen molar-refractivity contribution >= 4 is 5.91 Å². The molecule has 1 saturated carbocycles. The second-order valence-electron chi connectivity index (χ2n) is 3.67. The number of amides is 1. The summed E-state index contributed by atoms with van der Waals surface area (Å²) in [6, 6.07) is 2.11. The van der Waals surface area contributed by atoms with Gasteiger partial charge in [0.25, 0.3) is 5.91 Å². The largest absolute Gasteiger partial charge is 0.348 e. The Balaban J connectivity index is 2.07. The van der Waals surface area contributed by atoms with E-state index < -0.39 is 0 Å². The molecule has 1 aromatic heterocycles. The van der Waals surface area contributed by atoms with Crippen LogP contribution in [-0.4, -0.2) is 23.0 Å². The minimum Gasteiger partial charge on any atom is -0.348 e. The summed E-state index contributed by atoms with van der Waals surface area (Å²) in [6.45, 7) is 1.89. The first-order chi connectivity index (χ1) is 6.68. The summed E-state index contributed by atoms with van der Waals surface area (Å²) < 4.78 is 0. The van der Waals surface area contributed by atoms with Crippen molar-refractivity contribution in [2.75, 3.05) is 0 Å². The molecule has 3 N–H and O–H groups in total. The lowest BCUT2D eigenvalue weighted by molar-refractivity contribution is 0.0949. The summed E-state index contributed by atoms with van der Waals surface area (Å²) in [7, 11) is 0. The Morgan fingerprint density at radius 1 is 1.71 bits per heavy atom. The molecule has 2 unspecified atom stereocenters. The maximum Gasteiger partial charge on any atom is 0.253 e. The molecular formula is C10H13N3O. The first kappa shape index (κ1) is 9.15. The van der Waals surface area contributed by atoms with E-state index in [9.17, 15) is 4.79 Å². The van der Waals surface area contributed by atoms with Crippen molar-refractivity contribution in [3.63, 3.8) is 0 Å². The van der Waals surface area contributed by atoms with Crippen molar-refractivity contribution in [3.8, 4) is 0 Å². The van der Waals surface area contributed by atoms with Gasteiger partial charge in [-0.05, 0) is 25.0 Å². The summed E-state index contributed by atoms with van der Waals surface area (Å²) in [5.41, 5.74) is 7.17. The van der Waals surface area contributed by atoms with Crippen LogP contribution >= 0.6 is 0 Å². The van der Waals surface area contributed by atoms with Crippen molar-refractivity contribution in [1.82, 2.24) is 10.3 Å². The monoisotopic (exact) mass is 191 g/mol. The number of hydrogen-bond donors (Lipinski definition) is 2. The summed E-state index contributed by atoms with van der Waals surface area (Å²) >= 11 is 0. The van der Waals surface area contributed by atoms with Crippen molar-refractivity contribution < 1.29 is 4.79 Å². The first-order valence-corrected chi connectivity index (χ1v) is 4.65. The van der Waals surface area contributed by atoms with E-state index in [0.717, 1.165) is 12.0 Å². The SMILES string of the molecule is Cc1ccncc1C(=O)NC1CC1N. The third-order valence-corrected chi connectivity index (χ3v) is 2.44. The molecular weight excluding hydrogens is 178 g/mol. The van der Waals surface area contributed by atoms with E-state index in [4.69, 9.17) is 5.73 Å². The third kappa shape index (κ3) is 1.75. The number of nitrogens with one attached hydrogen (secondary N) is 1. The van der Waals surface area contributed by atoms with E-state index in [0.29, 0.717) is 5.56 Å². The topological polar surface area (TPSA) is 68.0 Å². The fraction of sp³-hybridized carbons (Fsp3) is 0.400. The van der Waals surface area contributed by atoms with Crippen LogP contribution in [-0.2, 0) is 0 Å². The Bertz CT molecular complexity index is 364. The van der Waals surface area contributed by atoms with Crippen molar-refractivity contribution in [1.29, 1.82) is 0 Å². The molecule has 0 radical (unpaired) electrons. The van der Waals surface area contributed by atoms with Crippen LogP contribution in [0, 0.1) is 6.92 Å². The number of nitrogens with zero attached hydrogens (tertiary/aromatic N) is 1. The Kier molecular flexibility index (Phi) is 2.21. The van der Waals surface area contributed by atoms with Crippen LogP contribution in [0.4, 0.5) is 0 Å². The highest BCUT2D eigenvalue weighted by Gasteiger charge is 2.35. The van der Waals surface area contributed by atoms with Gasteiger partial charge >= 0.3 is 0 Å². The van der Waals surface area contributed by atoms with E-state index in [2.05, 4.69) is 10.3 Å². The molecule has 74 valence electrons. The van der Waals surface area contributed by atoms with Gasteiger partial charge in [0.1, 0.15) is 0 Å². The molecule has 0 aromatic carbocycles. The second kappa shape index (κ2) is 3.38. The average molecular weight is 191 g/mol. The molecule has 0 aliphatic heterocycles. The molecule has 1 heterocycles. The minimum atomic E-state index is -0.0754. The molecule has 1 amide bonds. The highest BCUT2D eigenvalue weighted by Crippen LogP contribution is 2.18. The zero-order valence-electron chi connectivity index (χ0n) is 8.03. The Morgan fingerprint density at radius 3 is 3.00 bits per heavy atom. The summed E-state index contributed by atoms with van der Waals surface area (Å²) in [5, 5.41) is 2.86. The zero-order chi connectivity index (χ0) is 10.1. The van der Waals surface area contributed by atoms with Gasteiger partial charge in [0.05, 0.1) is 5.56 Å². The number of aryl methyl sites for hydroxylation is 1. The number of hydrogen-bond acceptors (Lipinski definition) is 3. The summed E-state index contributed by atoms with van der Waals surface area (Å²) in [4.78, 5) is 15.6. The van der Waals surface area contributed by atoms with Gasteiger partial charge in [-0.3, -0.25) is 9.78 Å². The first-order valence-electron chi connectivity index (χ1n) is 4.65. The van der Waals surface area contributed by atoms with Crippen LogP contribution < -0.4 is 11.1 Å². The van der Waals surface area contributed by atoms with Gasteiger partial charge in [0.2, 0.25) is 0 Å². The predicted octanol–water partition coefficient (Wildman–Crippen LogP) is 0.219. The van der Waals surface area contributed by atoms with Gasteiger partial charge in [-0.15, -0.1) is 0 Å². The Morgan fingerprint density at radius 2 is 2.43 bits per heavy atom. The molecule has 1 aliphatic rings. The molecule has 0 saturated heterocycles. The predicted molar refractivity (Wildman–Crippen MR) is 52.8 cm³/mol. The van der Waals surface area contributed by atoms with Crippen LogP contribution in [0.5, 0.6) is 0 Å². The smallest absolute Gasteiger partial charge is 0.253 e. The van der Waals surface area contributed by atoms with Gasteiger partial charge < -0.3 is 11.1 Å². The van der Waals surface area contributed by atoms with Crippen molar-refractivity contribution in [2.24, 2.45) is 5.73 Å². The molecule has 4 nitrogen and oxygen atoms in total. The molecule has 0 spiro atoms. The lowest BCUT2D eigenvalue weighted by Crippen LogP contribution is -2.30. The van der Waals surface area contributed by atoms with E-state index >= 15 is 0 Å². The average Bonchev–Trinajstić information content (AvgIpc) is 2.82. The fourth-order valence-corrected chi connectivity index (χ4v) is 1.33. The lowest BCUT2D eigenvalue weighted by atomic mass is 10.1. The number of carbonyl (C=O) groups is 1. The van der Waals surface area contributed by atoms with Gasteiger partial charge in [-0.2, -0.15) is 0 Å². The third-order valence-electron chi connectivity index (χ3n) is 2.44. The molecule has 1 fully saturated rings. The summed E-state index contributed by atoms with van der Waals surface area (Å²) in [6.07, 6.45) is 4.14. The maximum absolute atomic E-state index is 11.7. The van der Waals surface area contributed by atoms with E-state index in [-0.39, 0.29) is 18.0 Å². The van der Waals surface area contributed by atoms with Crippen LogP contribution in [0.25, 0.3) is 0 Å². The number of nitrogens with two attached hydrogens (primary N) is 1. The van der Waals surface area contributed by atoms with E-state index in [1.165, 1.54) is 0 Å². The number of carbonyl (C=O) groups excluding carboxylic acids is 1. The van der Waals surface area contributed by atoms with Crippen molar-refractivity contribution in [3.05, 3.63) is 29.6 Å². The second-order valence-corrected chi connectivity index (χ2v) is 3.67. The highest BCUT2D eigenvalue weighted by molar-refractivity contribution is 5.95. The van der Waals surface area contributed by atoms with Crippen LogP contribution in [0.3, 0.4) is 0 Å². The molecule has 14 heavy (non-hydrogen) atoms. The fourth-order valence-electron chi connectivity index (χ4n) is 1.33. The molecule has 4 heteroatoms. The van der Waals surface area contributed by atoms with Gasteiger partial charge in [-0.25, -0.2) is 0 Å². The molecule has 0 bridgehead atoms. The van der Waals surface area contributed by atoms with Crippen LogP contribution in [0.1, 0.15) is 22.3 Å². The minimum absolute atomic E-state index is 0.0754. The number of pyridine rings is 1. The Labute approximate surface area is 82.5 Å². The maximum atomic E-state index is 11.7. The van der Waals surface area contributed by atoms with Crippen molar-refractivity contribution in [2.45, 2.75) is 25.4 Å². The Hall–Kier alpha value is -1.42. The summed E-state index contributed by atoms with van der Waals surface area (Å²) in [5.74, 6) is -0.0754. The normalized spacial score (nSPS) is 24.4. The molecule has 1 aromatic rings. The standard InChI is InChI=1S/C10H13N3O/c1-6-2-3-12-5-7(6)10(14)13-9-4-8(9)11/h2-3,5,8-9H,4,11H2,1H3,(H,13,14). The quantitative estimate of drug-likeness (QED) is 0.702. The van der Waals surface area contributed by atoms with Crippen LogP contribution in [0.15, 0.2) is 18.5 Å². The molecule has 2 rings (SSSR count). The van der Waals surface area contributed by atoms with E-state index in [1.807, 2.05) is 13.0 Å². The van der Waals surface area contributed by atoms with Gasteiger partial charge in [-0.1, -0.05) is 0 Å². The van der Waals surface area contributed by atoms with Gasteiger partial charge in [0.15, 0.2) is 0 Å². The molecule has 1 aliphatic carbocycles. The van der Waals surface area contributed by atoms with Gasteiger partial charge in [0, 0.05) is 24.5 Å². The lowest BCUT2D eigenvalue weighted by Gasteiger charge is -2.05. The number of aromatic nitrogens is 1. The van der Waals surface area contributed by atoms with Crippen LogP contribution in [0.2, 0.25) is 0 Å². The zero-order valence-corrected chi connectivity index (χ0v) is 8.03. The van der Waals surface area contributed by atoms with E-state index in [1.54, 1.807) is 12.4 Å².